The summed E-state index contributed by atoms with van der Waals surface area (Å²) in [6.07, 6.45) is 3.37. The van der Waals surface area contributed by atoms with Crippen molar-refractivity contribution >= 4 is 33.1 Å². The predicted molar refractivity (Wildman–Crippen MR) is 117 cm³/mol. The average molecular weight is 442 g/mol. The summed E-state index contributed by atoms with van der Waals surface area (Å²) in [5.74, 6) is -0.796. The van der Waals surface area contributed by atoms with Crippen LogP contribution in [0.15, 0.2) is 70.7 Å². The van der Waals surface area contributed by atoms with Gasteiger partial charge in [0, 0.05) is 30.0 Å². The van der Waals surface area contributed by atoms with E-state index >= 15 is 0 Å². The number of thioether (sulfide) groups is 1. The van der Waals surface area contributed by atoms with Crippen LogP contribution in [0, 0.1) is 0 Å². The van der Waals surface area contributed by atoms with E-state index in [0.29, 0.717) is 12.1 Å². The Morgan fingerprint density at radius 3 is 2.43 bits per heavy atom. The summed E-state index contributed by atoms with van der Waals surface area (Å²) in [5.41, 5.74) is 3.35. The summed E-state index contributed by atoms with van der Waals surface area (Å²) in [6, 6.07) is 16.2. The molecule has 1 aliphatic rings. The number of sulfone groups is 1. The smallest absolute Gasteiger partial charge is 0.355 e. The molecule has 1 N–H and O–H groups in total. The molecule has 1 unspecified atom stereocenters. The van der Waals surface area contributed by atoms with Crippen LogP contribution in [0.25, 0.3) is 11.3 Å². The van der Waals surface area contributed by atoms with Crippen molar-refractivity contribution in [3.63, 3.8) is 0 Å². The number of hydrogen-bond donors (Lipinski definition) is 1. The Morgan fingerprint density at radius 1 is 1.17 bits per heavy atom. The van der Waals surface area contributed by atoms with Gasteiger partial charge in [0.15, 0.2) is 9.84 Å². The van der Waals surface area contributed by atoms with Crippen LogP contribution in [0.5, 0.6) is 0 Å². The van der Waals surface area contributed by atoms with Crippen molar-refractivity contribution < 1.29 is 18.3 Å². The van der Waals surface area contributed by atoms with Crippen LogP contribution in [0.3, 0.4) is 0 Å². The van der Waals surface area contributed by atoms with Gasteiger partial charge in [-0.05, 0) is 17.7 Å². The molecule has 2 aromatic carbocycles. The Morgan fingerprint density at radius 2 is 1.87 bits per heavy atom. The van der Waals surface area contributed by atoms with E-state index in [0.717, 1.165) is 16.7 Å². The Kier molecular flexibility index (Phi) is 5.25. The molecule has 0 saturated carbocycles. The highest BCUT2D eigenvalue weighted by atomic mass is 32.2. The molecule has 4 rings (SSSR count). The first-order valence-corrected chi connectivity index (χ1v) is 12.1. The van der Waals surface area contributed by atoms with Gasteiger partial charge in [0.05, 0.1) is 21.9 Å². The fourth-order valence-electron chi connectivity index (χ4n) is 3.30. The van der Waals surface area contributed by atoms with Crippen LogP contribution in [-0.4, -0.2) is 46.8 Å². The lowest BCUT2D eigenvalue weighted by atomic mass is 10.0. The number of aliphatic imine (C=N–C) groups is 1. The first kappa shape index (κ1) is 20.4. The summed E-state index contributed by atoms with van der Waals surface area (Å²) in [5, 5.41) is 14.5. The Hall–Kier alpha value is -2.91. The minimum Gasteiger partial charge on any atom is -0.478 e. The normalized spacial score (nSPS) is 18.6. The largest absolute Gasteiger partial charge is 0.478 e. The number of carboxylic acids is 1. The van der Waals surface area contributed by atoms with Gasteiger partial charge in [-0.2, -0.15) is 5.10 Å². The molecule has 0 radical (unpaired) electrons. The Bertz CT molecular complexity index is 1220. The maximum absolute atomic E-state index is 12.0. The van der Waals surface area contributed by atoms with Crippen molar-refractivity contribution in [3.05, 3.63) is 71.9 Å². The average Bonchev–Trinajstić information content (AvgIpc) is 3.37. The van der Waals surface area contributed by atoms with Crippen molar-refractivity contribution in [2.75, 3.05) is 12.0 Å². The molecule has 0 saturated heterocycles. The number of hydrogen-bond acceptors (Lipinski definition) is 6. The molecular formula is C21H19N3O4S2. The highest BCUT2D eigenvalue weighted by Gasteiger charge is 2.44. The maximum atomic E-state index is 12.0. The van der Waals surface area contributed by atoms with Crippen LogP contribution >= 0.6 is 11.8 Å². The van der Waals surface area contributed by atoms with E-state index in [9.17, 15) is 18.3 Å². The predicted octanol–water partition coefficient (Wildman–Crippen LogP) is 3.06. The summed E-state index contributed by atoms with van der Waals surface area (Å²) in [6.45, 7) is 0. The summed E-state index contributed by atoms with van der Waals surface area (Å²) >= 11 is 1.33. The zero-order valence-corrected chi connectivity index (χ0v) is 17.7. The van der Waals surface area contributed by atoms with Crippen molar-refractivity contribution in [1.82, 2.24) is 9.78 Å². The fourth-order valence-corrected chi connectivity index (χ4v) is 4.81. The second kappa shape index (κ2) is 7.73. The molecule has 1 aliphatic heterocycles. The van der Waals surface area contributed by atoms with E-state index in [1.54, 1.807) is 36.0 Å². The topological polar surface area (TPSA) is 102 Å². The molecular weight excluding hydrogens is 422 g/mol. The molecule has 1 atom stereocenters. The molecule has 0 aliphatic carbocycles. The highest BCUT2D eigenvalue weighted by Crippen LogP contribution is 2.33. The fraction of sp³-hybridized carbons (Fsp3) is 0.190. The van der Waals surface area contributed by atoms with E-state index in [1.165, 1.54) is 22.7 Å². The quantitative estimate of drug-likeness (QED) is 0.631. The summed E-state index contributed by atoms with van der Waals surface area (Å²) in [7, 11) is -3.27. The van der Waals surface area contributed by atoms with Crippen molar-refractivity contribution in [2.45, 2.75) is 17.0 Å². The van der Waals surface area contributed by atoms with Gasteiger partial charge in [0.25, 0.3) is 5.66 Å². The van der Waals surface area contributed by atoms with Crippen LogP contribution in [-0.2, 0) is 26.7 Å². The third-order valence-corrected chi connectivity index (χ3v) is 6.88. The number of benzene rings is 2. The molecule has 9 heteroatoms. The minimum atomic E-state index is -3.27. The lowest BCUT2D eigenvalue weighted by molar-refractivity contribution is -0.146. The number of nitrogens with zero attached hydrogens (tertiary/aromatic N) is 3. The van der Waals surface area contributed by atoms with Gasteiger partial charge >= 0.3 is 5.97 Å². The van der Waals surface area contributed by atoms with E-state index < -0.39 is 21.5 Å². The van der Waals surface area contributed by atoms with Crippen molar-refractivity contribution in [3.8, 4) is 11.3 Å². The van der Waals surface area contributed by atoms with Gasteiger partial charge in [0.2, 0.25) is 0 Å². The van der Waals surface area contributed by atoms with E-state index in [1.807, 2.05) is 30.3 Å². The van der Waals surface area contributed by atoms with Crippen molar-refractivity contribution in [2.24, 2.45) is 4.99 Å². The molecule has 2 heterocycles. The van der Waals surface area contributed by atoms with Gasteiger partial charge in [-0.3, -0.25) is 0 Å². The van der Waals surface area contributed by atoms with Crippen LogP contribution in [0.4, 0.5) is 0 Å². The third kappa shape index (κ3) is 3.78. The lowest BCUT2D eigenvalue weighted by Gasteiger charge is -2.20. The zero-order chi connectivity index (χ0) is 21.4. The molecule has 3 aromatic rings. The number of aromatic nitrogens is 2. The first-order valence-electron chi connectivity index (χ1n) is 9.12. The number of aliphatic carboxylic acids is 1. The number of carboxylic acid groups (broad SMARTS) is 1. The van der Waals surface area contributed by atoms with Gasteiger partial charge in [-0.1, -0.05) is 42.5 Å². The molecule has 1 aromatic heterocycles. The van der Waals surface area contributed by atoms with E-state index in [-0.39, 0.29) is 10.6 Å². The summed E-state index contributed by atoms with van der Waals surface area (Å²) < 4.78 is 24.8. The molecule has 0 bridgehead atoms. The van der Waals surface area contributed by atoms with E-state index in [4.69, 9.17) is 0 Å². The molecule has 154 valence electrons. The second-order valence-corrected chi connectivity index (χ2v) is 9.92. The monoisotopic (exact) mass is 441 g/mol. The van der Waals surface area contributed by atoms with Crippen molar-refractivity contribution in [1.29, 1.82) is 0 Å². The molecule has 0 fully saturated rings. The van der Waals surface area contributed by atoms with Crippen LogP contribution in [0.2, 0.25) is 0 Å². The van der Waals surface area contributed by atoms with Crippen LogP contribution < -0.4 is 0 Å². The number of carbonyl (C=O) groups is 1. The lowest BCUT2D eigenvalue weighted by Crippen LogP contribution is -2.41. The molecule has 0 amide bonds. The number of rotatable bonds is 6. The third-order valence-electron chi connectivity index (χ3n) is 4.93. The first-order chi connectivity index (χ1) is 14.3. The Balaban J connectivity index is 1.77. The SMILES string of the molecule is CS(=O)(=O)c1ccc(Cc2cn(C3(C(=O)O)CSC=N3)nc2-c2ccccc2)cc1. The maximum Gasteiger partial charge on any atom is 0.355 e. The minimum absolute atomic E-state index is 0.257. The van der Waals surface area contributed by atoms with Gasteiger partial charge in [0.1, 0.15) is 0 Å². The molecule has 0 spiro atoms. The summed E-state index contributed by atoms with van der Waals surface area (Å²) in [4.78, 5) is 16.5. The standard InChI is InChI=1S/C21H19N3O4S2/c1-30(27,28)18-9-7-15(8-10-18)11-17-12-24(21(20(25)26)13-29-14-22-21)23-19(17)16-5-3-2-4-6-16/h2-10,12,14H,11,13H2,1H3,(H,25,26). The molecule has 30 heavy (non-hydrogen) atoms. The zero-order valence-electron chi connectivity index (χ0n) is 16.1. The van der Waals surface area contributed by atoms with Crippen LogP contribution in [0.1, 0.15) is 11.1 Å². The van der Waals surface area contributed by atoms with E-state index in [2.05, 4.69) is 10.1 Å². The molecule has 7 nitrogen and oxygen atoms in total. The second-order valence-electron chi connectivity index (χ2n) is 7.07. The highest BCUT2D eigenvalue weighted by molar-refractivity contribution is 8.12. The van der Waals surface area contributed by atoms with Gasteiger partial charge in [-0.25, -0.2) is 22.9 Å². The van der Waals surface area contributed by atoms with Gasteiger partial charge < -0.3 is 5.11 Å². The Labute approximate surface area is 178 Å². The van der Waals surface area contributed by atoms with Gasteiger partial charge in [-0.15, -0.1) is 11.8 Å².